The van der Waals surface area contributed by atoms with Gasteiger partial charge in [0.25, 0.3) is 0 Å². The van der Waals surface area contributed by atoms with Gasteiger partial charge in [-0.25, -0.2) is 0 Å². The molecule has 0 aliphatic carbocycles. The molecular weight excluding hydrogens is 238 g/mol. The number of carbonyl (C=O) groups excluding carboxylic acids is 1. The van der Waals surface area contributed by atoms with Crippen LogP contribution < -0.4 is 0 Å². The van der Waals surface area contributed by atoms with Crippen LogP contribution in [-0.2, 0) is 11.2 Å². The molecule has 1 aromatic carbocycles. The van der Waals surface area contributed by atoms with Crippen molar-refractivity contribution in [1.82, 2.24) is 4.90 Å². The van der Waals surface area contributed by atoms with Crippen molar-refractivity contribution >= 4 is 11.5 Å². The Morgan fingerprint density at radius 1 is 1.53 bits per heavy atom. The van der Waals surface area contributed by atoms with Gasteiger partial charge in [0.1, 0.15) is 5.75 Å². The Balaban J connectivity index is 2.19. The summed E-state index contributed by atoms with van der Waals surface area (Å²) < 4.78 is 0. The van der Waals surface area contributed by atoms with E-state index in [0.717, 1.165) is 36.1 Å². The highest BCUT2D eigenvalue weighted by atomic mass is 16.3. The molecule has 0 saturated heterocycles. The number of phenolic OH excluding ortho intramolecular Hbond substituents is 1. The molecule has 0 atom stereocenters. The lowest BCUT2D eigenvalue weighted by Gasteiger charge is -2.25. The standard InChI is InChI=1S/C16H19NO2/c1-3-4-13-5-6-15(16(19)11-13)14-7-9-17(10-8-14)12(2)18/h3,5-7,11,19H,1,4,8-10H2,2H3. The molecule has 1 aliphatic heterocycles. The first kappa shape index (κ1) is 13.4. The molecule has 0 saturated carbocycles. The molecule has 1 aromatic rings. The van der Waals surface area contributed by atoms with Crippen molar-refractivity contribution < 1.29 is 9.90 Å². The fourth-order valence-corrected chi connectivity index (χ4v) is 2.34. The third kappa shape index (κ3) is 3.05. The summed E-state index contributed by atoms with van der Waals surface area (Å²) in [6.45, 7) is 6.62. The number of nitrogens with zero attached hydrogens (tertiary/aromatic N) is 1. The summed E-state index contributed by atoms with van der Waals surface area (Å²) in [5.74, 6) is 0.405. The molecule has 1 aliphatic rings. The zero-order valence-corrected chi connectivity index (χ0v) is 11.2. The summed E-state index contributed by atoms with van der Waals surface area (Å²) in [6.07, 6.45) is 5.38. The number of allylic oxidation sites excluding steroid dienone is 1. The first-order valence-electron chi connectivity index (χ1n) is 6.49. The Hall–Kier alpha value is -2.03. The van der Waals surface area contributed by atoms with E-state index in [0.29, 0.717) is 12.3 Å². The predicted molar refractivity (Wildman–Crippen MR) is 76.9 cm³/mol. The van der Waals surface area contributed by atoms with Gasteiger partial charge in [0.15, 0.2) is 0 Å². The van der Waals surface area contributed by atoms with Crippen LogP contribution in [0.25, 0.3) is 5.57 Å². The van der Waals surface area contributed by atoms with Gasteiger partial charge in [0, 0.05) is 25.6 Å². The van der Waals surface area contributed by atoms with E-state index in [1.165, 1.54) is 0 Å². The van der Waals surface area contributed by atoms with Gasteiger partial charge in [-0.1, -0.05) is 24.3 Å². The Bertz CT molecular complexity index is 532. The van der Waals surface area contributed by atoms with Gasteiger partial charge < -0.3 is 10.0 Å². The van der Waals surface area contributed by atoms with E-state index in [1.54, 1.807) is 17.9 Å². The van der Waals surface area contributed by atoms with Crippen LogP contribution in [0.5, 0.6) is 5.75 Å². The van der Waals surface area contributed by atoms with Gasteiger partial charge in [-0.2, -0.15) is 0 Å². The molecule has 1 N–H and O–H groups in total. The SMILES string of the molecule is C=CCc1ccc(C2=CCN(C(C)=O)CC2)c(O)c1. The lowest BCUT2D eigenvalue weighted by atomic mass is 9.96. The van der Waals surface area contributed by atoms with Gasteiger partial charge >= 0.3 is 0 Å². The molecule has 1 amide bonds. The minimum atomic E-state index is 0.0980. The third-order valence-electron chi connectivity index (χ3n) is 3.44. The molecule has 100 valence electrons. The molecule has 1 heterocycles. The third-order valence-corrected chi connectivity index (χ3v) is 3.44. The summed E-state index contributed by atoms with van der Waals surface area (Å²) in [7, 11) is 0. The number of hydrogen-bond donors (Lipinski definition) is 1. The number of rotatable bonds is 3. The van der Waals surface area contributed by atoms with Crippen LogP contribution in [0.2, 0.25) is 0 Å². The second-order valence-corrected chi connectivity index (χ2v) is 4.79. The Kier molecular flexibility index (Phi) is 4.05. The van der Waals surface area contributed by atoms with E-state index in [1.807, 2.05) is 24.3 Å². The molecule has 19 heavy (non-hydrogen) atoms. The number of carbonyl (C=O) groups is 1. The first-order valence-corrected chi connectivity index (χ1v) is 6.49. The van der Waals surface area contributed by atoms with Crippen molar-refractivity contribution in [3.05, 3.63) is 48.1 Å². The monoisotopic (exact) mass is 257 g/mol. The Morgan fingerprint density at radius 3 is 2.84 bits per heavy atom. The zero-order valence-electron chi connectivity index (χ0n) is 11.2. The van der Waals surface area contributed by atoms with Crippen LogP contribution in [0.1, 0.15) is 24.5 Å². The average molecular weight is 257 g/mol. The molecule has 3 nitrogen and oxygen atoms in total. The maximum atomic E-state index is 11.3. The molecule has 0 fully saturated rings. The van der Waals surface area contributed by atoms with Crippen LogP contribution >= 0.6 is 0 Å². The molecule has 0 bridgehead atoms. The van der Waals surface area contributed by atoms with Crippen molar-refractivity contribution in [3.63, 3.8) is 0 Å². The highest BCUT2D eigenvalue weighted by molar-refractivity contribution is 5.77. The van der Waals surface area contributed by atoms with Crippen molar-refractivity contribution in [1.29, 1.82) is 0 Å². The topological polar surface area (TPSA) is 40.5 Å². The van der Waals surface area contributed by atoms with E-state index in [-0.39, 0.29) is 5.91 Å². The molecule has 0 aromatic heterocycles. The van der Waals surface area contributed by atoms with Gasteiger partial charge in [0.2, 0.25) is 5.91 Å². The number of hydrogen-bond acceptors (Lipinski definition) is 2. The summed E-state index contributed by atoms with van der Waals surface area (Å²) in [4.78, 5) is 13.1. The van der Waals surface area contributed by atoms with Gasteiger partial charge in [-0.15, -0.1) is 6.58 Å². The van der Waals surface area contributed by atoms with E-state index >= 15 is 0 Å². The summed E-state index contributed by atoms with van der Waals surface area (Å²) in [5, 5.41) is 10.1. The fourth-order valence-electron chi connectivity index (χ4n) is 2.34. The van der Waals surface area contributed by atoms with E-state index in [2.05, 4.69) is 6.58 Å². The van der Waals surface area contributed by atoms with Crippen molar-refractivity contribution in [2.45, 2.75) is 19.8 Å². The average Bonchev–Trinajstić information content (AvgIpc) is 2.39. The highest BCUT2D eigenvalue weighted by Gasteiger charge is 2.16. The number of phenols is 1. The number of amides is 1. The second-order valence-electron chi connectivity index (χ2n) is 4.79. The lowest BCUT2D eigenvalue weighted by Crippen LogP contribution is -2.32. The minimum Gasteiger partial charge on any atom is -0.507 e. The summed E-state index contributed by atoms with van der Waals surface area (Å²) >= 11 is 0. The van der Waals surface area contributed by atoms with Crippen LogP contribution in [0.15, 0.2) is 36.9 Å². The lowest BCUT2D eigenvalue weighted by molar-refractivity contribution is -0.128. The van der Waals surface area contributed by atoms with E-state index in [4.69, 9.17) is 0 Å². The molecule has 2 rings (SSSR count). The molecule has 0 spiro atoms. The van der Waals surface area contributed by atoms with Crippen LogP contribution in [-0.4, -0.2) is 29.0 Å². The van der Waals surface area contributed by atoms with Gasteiger partial charge in [-0.3, -0.25) is 4.79 Å². The molecular formula is C16H19NO2. The molecule has 0 radical (unpaired) electrons. The summed E-state index contributed by atoms with van der Waals surface area (Å²) in [6, 6.07) is 5.74. The highest BCUT2D eigenvalue weighted by Crippen LogP contribution is 2.30. The number of benzene rings is 1. The van der Waals surface area contributed by atoms with Crippen LogP contribution in [0.3, 0.4) is 0 Å². The minimum absolute atomic E-state index is 0.0980. The van der Waals surface area contributed by atoms with Crippen LogP contribution in [0, 0.1) is 0 Å². The smallest absolute Gasteiger partial charge is 0.219 e. The Morgan fingerprint density at radius 2 is 2.32 bits per heavy atom. The normalized spacial score (nSPS) is 15.0. The van der Waals surface area contributed by atoms with Gasteiger partial charge in [0.05, 0.1) is 0 Å². The summed E-state index contributed by atoms with van der Waals surface area (Å²) in [5.41, 5.74) is 3.04. The van der Waals surface area contributed by atoms with E-state index < -0.39 is 0 Å². The zero-order chi connectivity index (χ0) is 13.8. The van der Waals surface area contributed by atoms with Crippen molar-refractivity contribution in [3.8, 4) is 5.75 Å². The number of aromatic hydroxyl groups is 1. The maximum Gasteiger partial charge on any atom is 0.219 e. The van der Waals surface area contributed by atoms with Gasteiger partial charge in [-0.05, 0) is 30.0 Å². The maximum absolute atomic E-state index is 11.3. The fraction of sp³-hybridized carbons (Fsp3) is 0.312. The van der Waals surface area contributed by atoms with Crippen LogP contribution in [0.4, 0.5) is 0 Å². The molecule has 3 heteroatoms. The predicted octanol–water partition coefficient (Wildman–Crippen LogP) is 2.76. The van der Waals surface area contributed by atoms with Crippen molar-refractivity contribution in [2.75, 3.05) is 13.1 Å². The second kappa shape index (κ2) is 5.74. The molecule has 0 unspecified atom stereocenters. The first-order chi connectivity index (χ1) is 9.11. The quantitative estimate of drug-likeness (QED) is 0.846. The van der Waals surface area contributed by atoms with Crippen molar-refractivity contribution in [2.24, 2.45) is 0 Å². The Labute approximate surface area is 113 Å². The largest absolute Gasteiger partial charge is 0.507 e. The van der Waals surface area contributed by atoms with E-state index in [9.17, 15) is 9.90 Å².